The van der Waals surface area contributed by atoms with Crippen LogP contribution in [-0.2, 0) is 0 Å². The number of amides is 2. The van der Waals surface area contributed by atoms with Gasteiger partial charge in [-0.15, -0.1) is 0 Å². The minimum absolute atomic E-state index is 0.0128. The van der Waals surface area contributed by atoms with Gasteiger partial charge in [0.25, 0.3) is 5.91 Å². The third kappa shape index (κ3) is 3.04. The first-order valence-corrected chi connectivity index (χ1v) is 5.87. The van der Waals surface area contributed by atoms with Gasteiger partial charge in [-0.1, -0.05) is 0 Å². The zero-order valence-electron chi connectivity index (χ0n) is 9.93. The number of nitrogens with two attached hydrogens (primary N) is 2. The Morgan fingerprint density at radius 3 is 2.67 bits per heavy atom. The number of hydrogen-bond donors (Lipinski definition) is 3. The zero-order chi connectivity index (χ0) is 13.1. The number of rotatable bonds is 5. The molecule has 1 heterocycles. The maximum absolute atomic E-state index is 11.7. The highest BCUT2D eigenvalue weighted by Gasteiger charge is 2.28. The molecule has 0 aliphatic heterocycles. The van der Waals surface area contributed by atoms with Crippen molar-refractivity contribution in [2.45, 2.75) is 18.9 Å². The van der Waals surface area contributed by atoms with E-state index in [0.29, 0.717) is 12.5 Å². The Labute approximate surface area is 105 Å². The van der Waals surface area contributed by atoms with Crippen LogP contribution in [0.3, 0.4) is 0 Å². The second-order valence-corrected chi connectivity index (χ2v) is 4.51. The van der Waals surface area contributed by atoms with E-state index in [0.717, 1.165) is 12.8 Å². The van der Waals surface area contributed by atoms with E-state index in [1.165, 1.54) is 18.3 Å². The number of aromatic nitrogens is 1. The highest BCUT2D eigenvalue weighted by molar-refractivity contribution is 5.95. The minimum atomic E-state index is -0.565. The van der Waals surface area contributed by atoms with Crippen molar-refractivity contribution in [2.75, 3.05) is 6.54 Å². The summed E-state index contributed by atoms with van der Waals surface area (Å²) in [6.45, 7) is 0.447. The first-order chi connectivity index (χ1) is 8.58. The molecule has 1 aromatic rings. The van der Waals surface area contributed by atoms with Gasteiger partial charge < -0.3 is 16.8 Å². The summed E-state index contributed by atoms with van der Waals surface area (Å²) in [5, 5.41) is 2.73. The van der Waals surface area contributed by atoms with Crippen molar-refractivity contribution in [1.82, 2.24) is 10.3 Å². The molecule has 0 saturated heterocycles. The van der Waals surface area contributed by atoms with E-state index < -0.39 is 5.91 Å². The Morgan fingerprint density at radius 2 is 2.17 bits per heavy atom. The van der Waals surface area contributed by atoms with E-state index >= 15 is 0 Å². The number of pyridine rings is 1. The van der Waals surface area contributed by atoms with Gasteiger partial charge in [0.2, 0.25) is 5.91 Å². The van der Waals surface area contributed by atoms with Crippen LogP contribution in [0, 0.1) is 5.92 Å². The first kappa shape index (κ1) is 12.5. The third-order valence-electron chi connectivity index (χ3n) is 3.01. The molecule has 0 radical (unpaired) electrons. The second-order valence-electron chi connectivity index (χ2n) is 4.51. The van der Waals surface area contributed by atoms with Crippen molar-refractivity contribution in [1.29, 1.82) is 0 Å². The molecule has 0 spiro atoms. The van der Waals surface area contributed by atoms with Crippen LogP contribution in [0.2, 0.25) is 0 Å². The van der Waals surface area contributed by atoms with Crippen molar-refractivity contribution in [2.24, 2.45) is 17.4 Å². The smallest absolute Gasteiger partial charge is 0.269 e. The molecule has 1 fully saturated rings. The van der Waals surface area contributed by atoms with Crippen molar-refractivity contribution in [3.8, 4) is 0 Å². The molecule has 96 valence electrons. The van der Waals surface area contributed by atoms with Gasteiger partial charge >= 0.3 is 0 Å². The molecule has 1 atom stereocenters. The van der Waals surface area contributed by atoms with Gasteiger partial charge in [-0.3, -0.25) is 14.6 Å². The average molecular weight is 248 g/mol. The quantitative estimate of drug-likeness (QED) is 0.661. The molecule has 1 saturated carbocycles. The Balaban J connectivity index is 1.89. The molecule has 0 bridgehead atoms. The lowest BCUT2D eigenvalue weighted by Gasteiger charge is -2.11. The van der Waals surface area contributed by atoms with Gasteiger partial charge in [-0.2, -0.15) is 0 Å². The summed E-state index contributed by atoms with van der Waals surface area (Å²) < 4.78 is 0. The Bertz CT molecular complexity index is 454. The van der Waals surface area contributed by atoms with Gasteiger partial charge in [0.1, 0.15) is 5.69 Å². The fourth-order valence-corrected chi connectivity index (χ4v) is 1.67. The van der Waals surface area contributed by atoms with Gasteiger partial charge in [-0.25, -0.2) is 0 Å². The maximum atomic E-state index is 11.7. The normalized spacial score (nSPS) is 16.1. The molecular formula is C12H16N4O2. The molecular weight excluding hydrogens is 232 g/mol. The Morgan fingerprint density at radius 1 is 1.44 bits per heavy atom. The fraction of sp³-hybridized carbons (Fsp3) is 0.417. The number of hydrogen-bond acceptors (Lipinski definition) is 4. The van der Waals surface area contributed by atoms with Crippen LogP contribution in [0.25, 0.3) is 0 Å². The van der Waals surface area contributed by atoms with E-state index in [4.69, 9.17) is 11.5 Å². The van der Waals surface area contributed by atoms with E-state index in [1.807, 2.05) is 0 Å². The van der Waals surface area contributed by atoms with E-state index in [9.17, 15) is 9.59 Å². The lowest BCUT2D eigenvalue weighted by molar-refractivity contribution is 0.0942. The molecule has 1 unspecified atom stereocenters. The van der Waals surface area contributed by atoms with Crippen LogP contribution < -0.4 is 16.8 Å². The number of primary amides is 1. The highest BCUT2D eigenvalue weighted by atomic mass is 16.2. The van der Waals surface area contributed by atoms with E-state index in [2.05, 4.69) is 10.3 Å². The lowest BCUT2D eigenvalue weighted by Crippen LogP contribution is -2.38. The average Bonchev–Trinajstić information content (AvgIpc) is 3.20. The van der Waals surface area contributed by atoms with Crippen LogP contribution in [0.4, 0.5) is 0 Å². The van der Waals surface area contributed by atoms with Crippen molar-refractivity contribution in [3.05, 3.63) is 29.6 Å². The van der Waals surface area contributed by atoms with Crippen molar-refractivity contribution >= 4 is 11.8 Å². The second kappa shape index (κ2) is 5.14. The van der Waals surface area contributed by atoms with Crippen LogP contribution in [0.15, 0.2) is 18.3 Å². The summed E-state index contributed by atoms with van der Waals surface area (Å²) >= 11 is 0. The molecule has 5 N–H and O–H groups in total. The van der Waals surface area contributed by atoms with Gasteiger partial charge in [0.15, 0.2) is 0 Å². The number of carbonyl (C=O) groups is 2. The van der Waals surface area contributed by atoms with Crippen molar-refractivity contribution in [3.63, 3.8) is 0 Å². The number of carbonyl (C=O) groups excluding carboxylic acids is 2. The third-order valence-corrected chi connectivity index (χ3v) is 3.01. The van der Waals surface area contributed by atoms with Gasteiger partial charge in [-0.05, 0) is 30.9 Å². The summed E-state index contributed by atoms with van der Waals surface area (Å²) in [5.41, 5.74) is 11.5. The van der Waals surface area contributed by atoms with Crippen LogP contribution in [0.5, 0.6) is 0 Å². The zero-order valence-corrected chi connectivity index (χ0v) is 9.93. The Hall–Kier alpha value is -1.95. The van der Waals surface area contributed by atoms with Gasteiger partial charge in [0, 0.05) is 18.8 Å². The molecule has 1 aromatic heterocycles. The van der Waals surface area contributed by atoms with Crippen LogP contribution in [-0.4, -0.2) is 29.4 Å². The highest BCUT2D eigenvalue weighted by Crippen LogP contribution is 2.31. The van der Waals surface area contributed by atoms with E-state index in [-0.39, 0.29) is 23.2 Å². The fourth-order valence-electron chi connectivity index (χ4n) is 1.67. The monoisotopic (exact) mass is 248 g/mol. The van der Waals surface area contributed by atoms with E-state index in [1.54, 1.807) is 0 Å². The van der Waals surface area contributed by atoms with Gasteiger partial charge in [0.05, 0.1) is 5.56 Å². The lowest BCUT2D eigenvalue weighted by atomic mass is 10.2. The molecule has 2 rings (SSSR count). The molecule has 2 amide bonds. The summed E-state index contributed by atoms with van der Waals surface area (Å²) in [5.74, 6) is -0.317. The molecule has 18 heavy (non-hydrogen) atoms. The largest absolute Gasteiger partial charge is 0.366 e. The number of nitrogens with zero attached hydrogens (tertiary/aromatic N) is 1. The first-order valence-electron chi connectivity index (χ1n) is 5.87. The molecule has 1 aliphatic carbocycles. The minimum Gasteiger partial charge on any atom is -0.366 e. The Kier molecular flexibility index (Phi) is 3.57. The predicted octanol–water partition coefficient (Wildman–Crippen LogP) is -0.352. The van der Waals surface area contributed by atoms with Crippen molar-refractivity contribution < 1.29 is 9.59 Å². The van der Waals surface area contributed by atoms with Crippen LogP contribution >= 0.6 is 0 Å². The molecule has 0 aromatic carbocycles. The summed E-state index contributed by atoms with van der Waals surface area (Å²) in [6, 6.07) is 2.96. The topological polar surface area (TPSA) is 111 Å². The van der Waals surface area contributed by atoms with Crippen LogP contribution in [0.1, 0.15) is 33.7 Å². The maximum Gasteiger partial charge on any atom is 0.269 e. The molecule has 6 nitrogen and oxygen atoms in total. The SMILES string of the molecule is NC(=O)c1ccc(C(=O)NCC(N)C2CC2)nc1. The standard InChI is InChI=1S/C12H16N4O2/c13-9(7-1-2-7)6-16-12(18)10-4-3-8(5-15-10)11(14)17/h3-5,7,9H,1-2,6,13H2,(H2,14,17)(H,16,18). The number of nitrogens with one attached hydrogen (secondary N) is 1. The predicted molar refractivity (Wildman–Crippen MR) is 65.8 cm³/mol. The summed E-state index contributed by atoms with van der Waals surface area (Å²) in [6.07, 6.45) is 3.57. The molecule has 1 aliphatic rings. The summed E-state index contributed by atoms with van der Waals surface area (Å²) in [4.78, 5) is 26.5. The summed E-state index contributed by atoms with van der Waals surface area (Å²) in [7, 11) is 0. The molecule has 6 heteroatoms.